The van der Waals surface area contributed by atoms with E-state index in [0.29, 0.717) is 11.5 Å². The second-order valence-corrected chi connectivity index (χ2v) is 4.80. The number of rotatable bonds is 6. The maximum atomic E-state index is 10.8. The van der Waals surface area contributed by atoms with Crippen molar-refractivity contribution in [3.8, 4) is 11.5 Å². The fourth-order valence-corrected chi connectivity index (χ4v) is 1.95. The van der Waals surface area contributed by atoms with Gasteiger partial charge in [-0.15, -0.1) is 0 Å². The zero-order valence-electron chi connectivity index (χ0n) is 11.0. The van der Waals surface area contributed by atoms with E-state index in [4.69, 9.17) is 20.3 Å². The maximum Gasteiger partial charge on any atom is 0.320 e. The molecule has 0 radical (unpaired) electrons. The van der Waals surface area contributed by atoms with Crippen molar-refractivity contribution in [1.82, 2.24) is 0 Å². The largest absolute Gasteiger partial charge is 0.493 e. The standard InChI is InChI=1S/C14H19NO4/c1-18-12-6-5-9(7-11(15)14(16)17)8-13(12)19-10-3-2-4-10/h5-6,8,10-11H,2-4,7,15H2,1H3,(H,16,17). The molecule has 0 bridgehead atoms. The predicted octanol–water partition coefficient (Wildman–Crippen LogP) is 1.58. The third-order valence-electron chi connectivity index (χ3n) is 3.35. The van der Waals surface area contributed by atoms with Gasteiger partial charge in [-0.1, -0.05) is 6.07 Å². The van der Waals surface area contributed by atoms with Crippen LogP contribution in [0.1, 0.15) is 24.8 Å². The fraction of sp³-hybridized carbons (Fsp3) is 0.500. The van der Waals surface area contributed by atoms with Crippen LogP contribution in [-0.4, -0.2) is 30.3 Å². The molecule has 0 aromatic heterocycles. The summed E-state index contributed by atoms with van der Waals surface area (Å²) >= 11 is 0. The topological polar surface area (TPSA) is 81.8 Å². The highest BCUT2D eigenvalue weighted by molar-refractivity contribution is 5.73. The molecule has 3 N–H and O–H groups in total. The minimum absolute atomic E-state index is 0.247. The first-order chi connectivity index (χ1) is 9.10. The van der Waals surface area contributed by atoms with Crippen LogP contribution in [0.25, 0.3) is 0 Å². The van der Waals surface area contributed by atoms with E-state index in [1.165, 1.54) is 6.42 Å². The first kappa shape index (κ1) is 13.7. The van der Waals surface area contributed by atoms with E-state index in [1.54, 1.807) is 13.2 Å². The van der Waals surface area contributed by atoms with Gasteiger partial charge in [-0.2, -0.15) is 0 Å². The van der Waals surface area contributed by atoms with Crippen LogP contribution in [0.3, 0.4) is 0 Å². The van der Waals surface area contributed by atoms with E-state index in [2.05, 4.69) is 0 Å². The van der Waals surface area contributed by atoms with Gasteiger partial charge in [0, 0.05) is 0 Å². The highest BCUT2D eigenvalue weighted by atomic mass is 16.5. The number of nitrogens with two attached hydrogens (primary N) is 1. The molecule has 1 aromatic rings. The number of aliphatic carboxylic acids is 1. The molecule has 19 heavy (non-hydrogen) atoms. The molecule has 0 aliphatic heterocycles. The summed E-state index contributed by atoms with van der Waals surface area (Å²) in [5.41, 5.74) is 6.37. The minimum atomic E-state index is -1.00. The zero-order valence-corrected chi connectivity index (χ0v) is 11.0. The van der Waals surface area contributed by atoms with Crippen molar-refractivity contribution in [2.75, 3.05) is 7.11 Å². The van der Waals surface area contributed by atoms with Crippen molar-refractivity contribution in [2.45, 2.75) is 37.8 Å². The van der Waals surface area contributed by atoms with Crippen LogP contribution in [0.4, 0.5) is 0 Å². The van der Waals surface area contributed by atoms with Crippen LogP contribution in [0.2, 0.25) is 0 Å². The molecule has 1 saturated carbocycles. The summed E-state index contributed by atoms with van der Waals surface area (Å²) in [7, 11) is 1.59. The highest BCUT2D eigenvalue weighted by Gasteiger charge is 2.21. The van der Waals surface area contributed by atoms with Gasteiger partial charge < -0.3 is 20.3 Å². The Morgan fingerprint density at radius 1 is 1.47 bits per heavy atom. The average Bonchev–Trinajstić information content (AvgIpc) is 2.34. The molecule has 1 atom stereocenters. The Bertz CT molecular complexity index is 457. The van der Waals surface area contributed by atoms with Gasteiger partial charge in [0.15, 0.2) is 11.5 Å². The smallest absolute Gasteiger partial charge is 0.320 e. The molecule has 1 fully saturated rings. The van der Waals surface area contributed by atoms with Crippen molar-refractivity contribution in [3.63, 3.8) is 0 Å². The van der Waals surface area contributed by atoms with Crippen LogP contribution >= 0.6 is 0 Å². The molecule has 0 spiro atoms. The summed E-state index contributed by atoms with van der Waals surface area (Å²) in [5, 5.41) is 8.83. The molecule has 1 aliphatic carbocycles. The van der Waals surface area contributed by atoms with Crippen LogP contribution < -0.4 is 15.2 Å². The van der Waals surface area contributed by atoms with Gasteiger partial charge in [0.2, 0.25) is 0 Å². The maximum absolute atomic E-state index is 10.8. The summed E-state index contributed by atoms with van der Waals surface area (Å²) in [4.78, 5) is 10.8. The van der Waals surface area contributed by atoms with Crippen molar-refractivity contribution in [3.05, 3.63) is 23.8 Å². The summed E-state index contributed by atoms with van der Waals surface area (Å²) in [5.74, 6) is 0.333. The zero-order chi connectivity index (χ0) is 13.8. The number of hydrogen-bond acceptors (Lipinski definition) is 4. The quantitative estimate of drug-likeness (QED) is 0.816. The lowest BCUT2D eigenvalue weighted by molar-refractivity contribution is -0.138. The van der Waals surface area contributed by atoms with E-state index < -0.39 is 12.0 Å². The first-order valence-electron chi connectivity index (χ1n) is 6.42. The molecule has 5 nitrogen and oxygen atoms in total. The SMILES string of the molecule is COc1ccc(CC(N)C(=O)O)cc1OC1CCC1. The van der Waals surface area contributed by atoms with Crippen molar-refractivity contribution >= 4 is 5.97 Å². The molecule has 0 saturated heterocycles. The fourth-order valence-electron chi connectivity index (χ4n) is 1.95. The molecular weight excluding hydrogens is 246 g/mol. The van der Waals surface area contributed by atoms with E-state index in [1.807, 2.05) is 12.1 Å². The Hall–Kier alpha value is -1.75. The summed E-state index contributed by atoms with van der Waals surface area (Å²) < 4.78 is 11.1. The minimum Gasteiger partial charge on any atom is -0.493 e. The molecule has 2 rings (SSSR count). The Morgan fingerprint density at radius 2 is 2.21 bits per heavy atom. The lowest BCUT2D eigenvalue weighted by Gasteiger charge is -2.27. The molecule has 1 unspecified atom stereocenters. The molecule has 0 heterocycles. The summed E-state index contributed by atoms with van der Waals surface area (Å²) in [6, 6.07) is 4.53. The van der Waals surface area contributed by atoms with Crippen LogP contribution in [0, 0.1) is 0 Å². The van der Waals surface area contributed by atoms with E-state index in [-0.39, 0.29) is 12.5 Å². The van der Waals surface area contributed by atoms with Crippen molar-refractivity contribution in [2.24, 2.45) is 5.73 Å². The molecule has 104 valence electrons. The second kappa shape index (κ2) is 5.93. The van der Waals surface area contributed by atoms with Gasteiger partial charge in [0.1, 0.15) is 6.04 Å². The van der Waals surface area contributed by atoms with Gasteiger partial charge in [-0.25, -0.2) is 0 Å². The number of hydrogen-bond donors (Lipinski definition) is 2. The average molecular weight is 265 g/mol. The molecular formula is C14H19NO4. The number of carboxylic acid groups (broad SMARTS) is 1. The molecule has 5 heteroatoms. The van der Waals surface area contributed by atoms with Crippen LogP contribution in [0.15, 0.2) is 18.2 Å². The number of ether oxygens (including phenoxy) is 2. The van der Waals surface area contributed by atoms with Gasteiger partial charge in [-0.05, 0) is 43.4 Å². The normalized spacial score (nSPS) is 16.5. The lowest BCUT2D eigenvalue weighted by atomic mass is 9.96. The lowest BCUT2D eigenvalue weighted by Crippen LogP contribution is -2.32. The molecule has 1 aliphatic rings. The summed E-state index contributed by atoms with van der Waals surface area (Å²) in [6.45, 7) is 0. The Balaban J connectivity index is 2.12. The van der Waals surface area contributed by atoms with Crippen molar-refractivity contribution in [1.29, 1.82) is 0 Å². The van der Waals surface area contributed by atoms with Crippen LogP contribution in [-0.2, 0) is 11.2 Å². The third kappa shape index (κ3) is 3.38. The van der Waals surface area contributed by atoms with Gasteiger partial charge in [0.25, 0.3) is 0 Å². The third-order valence-corrected chi connectivity index (χ3v) is 3.35. The monoisotopic (exact) mass is 265 g/mol. The second-order valence-electron chi connectivity index (χ2n) is 4.80. The van der Waals surface area contributed by atoms with Gasteiger partial charge >= 0.3 is 5.97 Å². The predicted molar refractivity (Wildman–Crippen MR) is 70.6 cm³/mol. The van der Waals surface area contributed by atoms with Gasteiger partial charge in [-0.3, -0.25) is 4.79 Å². The number of carbonyl (C=O) groups is 1. The first-order valence-corrected chi connectivity index (χ1v) is 6.42. The van der Waals surface area contributed by atoms with Gasteiger partial charge in [0.05, 0.1) is 13.2 Å². The van der Waals surface area contributed by atoms with E-state index in [9.17, 15) is 4.79 Å². The number of carboxylic acids is 1. The molecule has 0 amide bonds. The number of benzene rings is 1. The Kier molecular flexibility index (Phi) is 4.27. The summed E-state index contributed by atoms with van der Waals surface area (Å²) in [6.07, 6.45) is 3.83. The Morgan fingerprint density at radius 3 is 2.74 bits per heavy atom. The van der Waals surface area contributed by atoms with E-state index >= 15 is 0 Å². The van der Waals surface area contributed by atoms with Crippen LogP contribution in [0.5, 0.6) is 11.5 Å². The Labute approximate surface area is 112 Å². The van der Waals surface area contributed by atoms with Crippen molar-refractivity contribution < 1.29 is 19.4 Å². The number of methoxy groups -OCH3 is 1. The molecule has 1 aromatic carbocycles. The van der Waals surface area contributed by atoms with E-state index in [0.717, 1.165) is 18.4 Å². The highest BCUT2D eigenvalue weighted by Crippen LogP contribution is 2.33.